The first-order valence-corrected chi connectivity index (χ1v) is 19.1. The molecule has 0 spiro atoms. The van der Waals surface area contributed by atoms with Crippen LogP contribution in [0.25, 0.3) is 77.3 Å². The van der Waals surface area contributed by atoms with Crippen LogP contribution >= 0.6 is 0 Å². The van der Waals surface area contributed by atoms with Gasteiger partial charge in [-0.1, -0.05) is 129 Å². The maximum Gasteiger partial charge on any atom is 0.0541 e. The molecular formula is C51H40N2. The summed E-state index contributed by atoms with van der Waals surface area (Å²) in [6.45, 7) is 4.86. The summed E-state index contributed by atoms with van der Waals surface area (Å²) in [6.07, 6.45) is 15.0. The summed E-state index contributed by atoms with van der Waals surface area (Å²) in [5.41, 5.74) is 17.1. The molecule has 0 saturated heterocycles. The zero-order valence-electron chi connectivity index (χ0n) is 30.2. The Balaban J connectivity index is 1.05. The Labute approximate surface area is 310 Å². The lowest BCUT2D eigenvalue weighted by atomic mass is 9.74. The minimum Gasteiger partial charge on any atom is -0.313 e. The summed E-state index contributed by atoms with van der Waals surface area (Å²) >= 11 is 0. The van der Waals surface area contributed by atoms with E-state index in [2.05, 4.69) is 187 Å². The average Bonchev–Trinajstić information content (AvgIpc) is 3.80. The molecule has 2 heteroatoms. The molecule has 0 saturated carbocycles. The van der Waals surface area contributed by atoms with Crippen molar-refractivity contribution in [2.75, 3.05) is 0 Å². The number of aromatic nitrogens is 2. The van der Waals surface area contributed by atoms with Gasteiger partial charge in [-0.25, -0.2) is 0 Å². The monoisotopic (exact) mass is 680 g/mol. The van der Waals surface area contributed by atoms with E-state index >= 15 is 0 Å². The predicted octanol–water partition coefficient (Wildman–Crippen LogP) is 13.5. The van der Waals surface area contributed by atoms with E-state index in [-0.39, 0.29) is 5.41 Å². The normalized spacial score (nSPS) is 17.6. The van der Waals surface area contributed by atoms with Gasteiger partial charge in [-0.05, 0) is 113 Å². The highest BCUT2D eigenvalue weighted by Crippen LogP contribution is 2.54. The van der Waals surface area contributed by atoms with E-state index in [0.717, 1.165) is 19.3 Å². The van der Waals surface area contributed by atoms with Gasteiger partial charge in [-0.3, -0.25) is 0 Å². The van der Waals surface area contributed by atoms with Crippen molar-refractivity contribution >= 4 is 60.5 Å². The number of rotatable bonds is 4. The largest absolute Gasteiger partial charge is 0.313 e. The van der Waals surface area contributed by atoms with Crippen molar-refractivity contribution in [3.05, 3.63) is 181 Å². The van der Waals surface area contributed by atoms with Crippen molar-refractivity contribution < 1.29 is 0 Å². The predicted molar refractivity (Wildman–Crippen MR) is 225 cm³/mol. The first-order chi connectivity index (χ1) is 26.1. The van der Waals surface area contributed by atoms with E-state index in [9.17, 15) is 0 Å². The van der Waals surface area contributed by atoms with Crippen LogP contribution in [0.3, 0.4) is 0 Å². The van der Waals surface area contributed by atoms with Crippen LogP contribution in [0.2, 0.25) is 0 Å². The molecule has 254 valence electrons. The minimum atomic E-state index is 0.0852. The van der Waals surface area contributed by atoms with E-state index < -0.39 is 0 Å². The standard InChI is InChI=1S/C51H40N2/c1-51(2)44-20-10-6-17-38(44)39-27-26-36(32-45(39)51)52-47-22-12-8-18-40(47)42-30-34(24-28-49(42)52)35-25-29-50-43(31-35)41-19-9-13-23-48(41)53(50)46-21-11-7-16-37(46)33-14-4-3-5-15-33/h4,6-31,45H,3,5,32H2,1-2H3. The van der Waals surface area contributed by atoms with Crippen LogP contribution in [-0.2, 0) is 5.41 Å². The molecule has 6 aromatic carbocycles. The molecule has 2 heterocycles. The molecule has 11 rings (SSSR count). The number of para-hydroxylation sites is 3. The van der Waals surface area contributed by atoms with Crippen molar-refractivity contribution in [3.63, 3.8) is 0 Å². The van der Waals surface area contributed by atoms with Gasteiger partial charge in [-0.15, -0.1) is 0 Å². The molecule has 1 atom stereocenters. The molecule has 0 aliphatic heterocycles. The molecule has 3 aliphatic carbocycles. The van der Waals surface area contributed by atoms with Crippen LogP contribution in [0.4, 0.5) is 0 Å². The molecule has 0 fully saturated rings. The lowest BCUT2D eigenvalue weighted by Crippen LogP contribution is -2.25. The topological polar surface area (TPSA) is 9.86 Å². The van der Waals surface area contributed by atoms with Gasteiger partial charge in [0.25, 0.3) is 0 Å². The van der Waals surface area contributed by atoms with Gasteiger partial charge in [0.1, 0.15) is 0 Å². The number of allylic oxidation sites excluding steroid dienone is 8. The smallest absolute Gasteiger partial charge is 0.0541 e. The lowest BCUT2D eigenvalue weighted by molar-refractivity contribution is 0.415. The maximum absolute atomic E-state index is 2.53. The summed E-state index contributed by atoms with van der Waals surface area (Å²) in [5, 5.41) is 5.15. The molecule has 2 nitrogen and oxygen atoms in total. The molecule has 53 heavy (non-hydrogen) atoms. The Kier molecular flexibility index (Phi) is 6.58. The molecule has 0 bridgehead atoms. The number of hydrogen-bond donors (Lipinski definition) is 0. The molecule has 0 N–H and O–H groups in total. The SMILES string of the molecule is CC1(C)c2ccccc2C2=CC=C(n3c4ccccc4c4cc(-c5ccc6c(c5)c5ccccc5n6-c5ccccc5C5=CCCC=C5)ccc43)CC21. The number of benzene rings is 6. The van der Waals surface area contributed by atoms with Gasteiger partial charge in [0, 0.05) is 32.8 Å². The fourth-order valence-electron chi connectivity index (χ4n) is 9.86. The third-order valence-corrected chi connectivity index (χ3v) is 12.5. The van der Waals surface area contributed by atoms with Gasteiger partial charge < -0.3 is 9.13 Å². The highest BCUT2D eigenvalue weighted by atomic mass is 15.0. The zero-order valence-corrected chi connectivity index (χ0v) is 30.2. The quantitative estimate of drug-likeness (QED) is 0.175. The van der Waals surface area contributed by atoms with Crippen LogP contribution in [0.1, 0.15) is 49.8 Å². The first kappa shape index (κ1) is 30.5. The Morgan fingerprint density at radius 3 is 1.87 bits per heavy atom. The highest BCUT2D eigenvalue weighted by Gasteiger charge is 2.44. The van der Waals surface area contributed by atoms with Crippen LogP contribution in [0.5, 0.6) is 0 Å². The van der Waals surface area contributed by atoms with Crippen molar-refractivity contribution in [1.82, 2.24) is 9.13 Å². The van der Waals surface area contributed by atoms with E-state index in [1.54, 1.807) is 0 Å². The van der Waals surface area contributed by atoms with Crippen molar-refractivity contribution in [3.8, 4) is 16.8 Å². The second-order valence-corrected chi connectivity index (χ2v) is 15.6. The molecule has 0 radical (unpaired) electrons. The van der Waals surface area contributed by atoms with Gasteiger partial charge in [-0.2, -0.15) is 0 Å². The Morgan fingerprint density at radius 1 is 0.547 bits per heavy atom. The summed E-state index contributed by atoms with van der Waals surface area (Å²) in [7, 11) is 0. The second-order valence-electron chi connectivity index (χ2n) is 15.6. The Morgan fingerprint density at radius 2 is 1.15 bits per heavy atom. The number of hydrogen-bond acceptors (Lipinski definition) is 0. The van der Waals surface area contributed by atoms with Crippen LogP contribution in [0, 0.1) is 5.92 Å². The van der Waals surface area contributed by atoms with E-state index in [1.165, 1.54) is 94.0 Å². The van der Waals surface area contributed by atoms with Gasteiger partial charge >= 0.3 is 0 Å². The van der Waals surface area contributed by atoms with Crippen LogP contribution in [-0.4, -0.2) is 9.13 Å². The summed E-state index contributed by atoms with van der Waals surface area (Å²) < 4.78 is 5.00. The zero-order chi connectivity index (χ0) is 35.3. The summed E-state index contributed by atoms with van der Waals surface area (Å²) in [4.78, 5) is 0. The summed E-state index contributed by atoms with van der Waals surface area (Å²) in [6, 6.07) is 49.9. The third-order valence-electron chi connectivity index (χ3n) is 12.5. The molecular weight excluding hydrogens is 641 g/mol. The fraction of sp³-hybridized carbons (Fsp3) is 0.137. The fourth-order valence-corrected chi connectivity index (χ4v) is 9.86. The maximum atomic E-state index is 2.53. The van der Waals surface area contributed by atoms with Crippen LogP contribution < -0.4 is 0 Å². The Hall–Kier alpha value is -6.12. The molecule has 8 aromatic rings. The average molecular weight is 681 g/mol. The Bertz CT molecular complexity index is 2950. The number of fused-ring (bicyclic) bond motifs is 9. The first-order valence-electron chi connectivity index (χ1n) is 19.1. The van der Waals surface area contributed by atoms with Crippen LogP contribution in [0.15, 0.2) is 164 Å². The third kappa shape index (κ3) is 4.45. The molecule has 0 amide bonds. The van der Waals surface area contributed by atoms with Gasteiger partial charge in [0.05, 0.1) is 27.8 Å². The van der Waals surface area contributed by atoms with E-state index in [1.807, 2.05) is 0 Å². The number of nitrogens with zero attached hydrogens (tertiary/aromatic N) is 2. The molecule has 3 aliphatic rings. The molecule has 2 aromatic heterocycles. The lowest BCUT2D eigenvalue weighted by Gasteiger charge is -2.32. The highest BCUT2D eigenvalue weighted by molar-refractivity contribution is 6.13. The van der Waals surface area contributed by atoms with E-state index in [0.29, 0.717) is 5.92 Å². The minimum absolute atomic E-state index is 0.0852. The summed E-state index contributed by atoms with van der Waals surface area (Å²) in [5.74, 6) is 0.451. The van der Waals surface area contributed by atoms with Crippen molar-refractivity contribution in [2.45, 2.75) is 38.5 Å². The second kappa shape index (κ2) is 11.4. The van der Waals surface area contributed by atoms with Gasteiger partial charge in [0.15, 0.2) is 0 Å². The van der Waals surface area contributed by atoms with E-state index in [4.69, 9.17) is 0 Å². The van der Waals surface area contributed by atoms with Crippen molar-refractivity contribution in [2.24, 2.45) is 5.92 Å². The molecule has 1 unspecified atom stereocenters. The van der Waals surface area contributed by atoms with Gasteiger partial charge in [0.2, 0.25) is 0 Å². The van der Waals surface area contributed by atoms with Crippen molar-refractivity contribution in [1.29, 1.82) is 0 Å².